The molecule has 0 saturated carbocycles. The standard InChI is InChI=1S/C29H30N8O3/c1-18-9-8-14-35(18)26-15-21-22(24(32-26)16-30-29(39)40-3)17-36(28(21)38)25-13-7-12-23(31-25)27-34-33-19(2)37(27)20-10-5-4-6-11-20/h4-7,10-13,15,18H,8-9,14,16-17H2,1-3H3,(H,30,39)/t18-/m1/s1. The Kier molecular flexibility index (Phi) is 6.63. The minimum Gasteiger partial charge on any atom is -0.453 e. The number of anilines is 2. The molecule has 6 rings (SSSR count). The molecule has 0 unspecified atom stereocenters. The quantitative estimate of drug-likeness (QED) is 0.391. The SMILES string of the molecule is COC(=O)NCc1nc(N2CCC[C@H]2C)cc2c1CN(c1cccc(-c3nnc(C)n3-c3ccccc3)n1)C2=O. The average molecular weight is 539 g/mol. The Bertz CT molecular complexity index is 1590. The van der Waals surface area contributed by atoms with Crippen LogP contribution >= 0.6 is 0 Å². The molecule has 40 heavy (non-hydrogen) atoms. The lowest BCUT2D eigenvalue weighted by molar-refractivity contribution is 0.0996. The van der Waals surface area contributed by atoms with Crippen molar-refractivity contribution in [1.82, 2.24) is 30.0 Å². The predicted molar refractivity (Wildman–Crippen MR) is 149 cm³/mol. The summed E-state index contributed by atoms with van der Waals surface area (Å²) in [5.74, 6) is 2.41. The van der Waals surface area contributed by atoms with Crippen molar-refractivity contribution in [1.29, 1.82) is 0 Å². The number of carbonyl (C=O) groups excluding carboxylic acids is 2. The molecule has 0 bridgehead atoms. The van der Waals surface area contributed by atoms with Gasteiger partial charge >= 0.3 is 6.09 Å². The number of carbonyl (C=O) groups is 2. The highest BCUT2D eigenvalue weighted by molar-refractivity contribution is 6.10. The van der Waals surface area contributed by atoms with Gasteiger partial charge in [-0.2, -0.15) is 0 Å². The third kappa shape index (κ3) is 4.53. The van der Waals surface area contributed by atoms with Crippen molar-refractivity contribution in [2.45, 2.75) is 45.8 Å². The highest BCUT2D eigenvalue weighted by Gasteiger charge is 2.34. The molecule has 1 aromatic carbocycles. The molecular weight excluding hydrogens is 508 g/mol. The van der Waals surface area contributed by atoms with Gasteiger partial charge in [0.2, 0.25) is 0 Å². The molecule has 204 valence electrons. The molecule has 3 aromatic heterocycles. The van der Waals surface area contributed by atoms with Crippen LogP contribution in [0.3, 0.4) is 0 Å². The van der Waals surface area contributed by atoms with Crippen molar-refractivity contribution in [3.8, 4) is 17.2 Å². The van der Waals surface area contributed by atoms with Gasteiger partial charge < -0.3 is 15.0 Å². The van der Waals surface area contributed by atoms with Crippen LogP contribution in [0.15, 0.2) is 54.6 Å². The second-order valence-electron chi connectivity index (χ2n) is 10.00. The van der Waals surface area contributed by atoms with Gasteiger partial charge in [0.1, 0.15) is 23.2 Å². The minimum absolute atomic E-state index is 0.152. The van der Waals surface area contributed by atoms with Crippen LogP contribution in [0.4, 0.5) is 16.4 Å². The van der Waals surface area contributed by atoms with Crippen LogP contribution in [0.1, 0.15) is 47.2 Å². The van der Waals surface area contributed by atoms with Gasteiger partial charge in [-0.25, -0.2) is 14.8 Å². The van der Waals surface area contributed by atoms with E-state index in [0.717, 1.165) is 42.3 Å². The number of alkyl carbamates (subject to hydrolysis) is 1. The molecule has 4 aromatic rings. The fraction of sp³-hybridized carbons (Fsp3) is 0.310. The summed E-state index contributed by atoms with van der Waals surface area (Å²) in [6.07, 6.45) is 1.58. The number of rotatable bonds is 6. The molecule has 11 heteroatoms. The van der Waals surface area contributed by atoms with E-state index in [2.05, 4.69) is 27.3 Å². The Labute approximate surface area is 231 Å². The topological polar surface area (TPSA) is 118 Å². The fourth-order valence-electron chi connectivity index (χ4n) is 5.44. The number of amides is 2. The van der Waals surface area contributed by atoms with Gasteiger partial charge in [-0.05, 0) is 57.0 Å². The molecule has 2 aliphatic heterocycles. The first-order valence-electron chi connectivity index (χ1n) is 13.3. The van der Waals surface area contributed by atoms with Gasteiger partial charge in [-0.15, -0.1) is 10.2 Å². The molecule has 0 aliphatic carbocycles. The summed E-state index contributed by atoms with van der Waals surface area (Å²) in [6, 6.07) is 17.6. The summed E-state index contributed by atoms with van der Waals surface area (Å²) in [5.41, 5.74) is 3.51. The molecular formula is C29H30N8O3. The Morgan fingerprint density at radius 1 is 1.07 bits per heavy atom. The first kappa shape index (κ1) is 25.5. The van der Waals surface area contributed by atoms with Gasteiger partial charge in [-0.1, -0.05) is 24.3 Å². The molecule has 1 saturated heterocycles. The number of fused-ring (bicyclic) bond motifs is 1. The van der Waals surface area contributed by atoms with Crippen molar-refractivity contribution in [3.63, 3.8) is 0 Å². The summed E-state index contributed by atoms with van der Waals surface area (Å²) in [6.45, 7) is 5.37. The third-order valence-electron chi connectivity index (χ3n) is 7.50. The molecule has 11 nitrogen and oxygen atoms in total. The number of hydrogen-bond acceptors (Lipinski definition) is 8. The van der Waals surface area contributed by atoms with E-state index in [9.17, 15) is 9.59 Å². The van der Waals surface area contributed by atoms with E-state index in [4.69, 9.17) is 14.7 Å². The summed E-state index contributed by atoms with van der Waals surface area (Å²) in [5, 5.41) is 11.4. The average Bonchev–Trinajstić information content (AvgIpc) is 3.68. The molecule has 0 spiro atoms. The van der Waals surface area contributed by atoms with Gasteiger partial charge in [0.05, 0.1) is 31.5 Å². The van der Waals surface area contributed by atoms with Gasteiger partial charge in [0, 0.05) is 23.8 Å². The summed E-state index contributed by atoms with van der Waals surface area (Å²) < 4.78 is 6.70. The number of nitrogens with one attached hydrogen (secondary N) is 1. The summed E-state index contributed by atoms with van der Waals surface area (Å²) in [4.78, 5) is 39.3. The zero-order valence-corrected chi connectivity index (χ0v) is 22.7. The normalized spacial score (nSPS) is 16.4. The van der Waals surface area contributed by atoms with Crippen LogP contribution in [-0.4, -0.2) is 56.4 Å². The molecule has 1 fully saturated rings. The number of nitrogens with zero attached hydrogens (tertiary/aromatic N) is 7. The van der Waals surface area contributed by atoms with Crippen LogP contribution in [0, 0.1) is 6.92 Å². The fourth-order valence-corrected chi connectivity index (χ4v) is 5.44. The molecule has 5 heterocycles. The molecule has 1 N–H and O–H groups in total. The zero-order chi connectivity index (χ0) is 27.8. The monoisotopic (exact) mass is 538 g/mol. The Morgan fingerprint density at radius 2 is 1.90 bits per heavy atom. The lowest BCUT2D eigenvalue weighted by atomic mass is 10.1. The van der Waals surface area contributed by atoms with Crippen molar-refractivity contribution in [2.24, 2.45) is 0 Å². The van der Waals surface area contributed by atoms with Crippen LogP contribution < -0.4 is 15.1 Å². The number of pyridine rings is 2. The van der Waals surface area contributed by atoms with E-state index >= 15 is 0 Å². The Hall–Kier alpha value is -4.80. The summed E-state index contributed by atoms with van der Waals surface area (Å²) in [7, 11) is 1.32. The molecule has 2 aliphatic rings. The van der Waals surface area contributed by atoms with Crippen LogP contribution in [0.25, 0.3) is 17.2 Å². The van der Waals surface area contributed by atoms with E-state index in [-0.39, 0.29) is 19.0 Å². The number of benzene rings is 1. The predicted octanol–water partition coefficient (Wildman–Crippen LogP) is 4.04. The number of aryl methyl sites for hydroxylation is 1. The number of para-hydroxylation sites is 1. The highest BCUT2D eigenvalue weighted by Crippen LogP contribution is 2.34. The number of methoxy groups -OCH3 is 1. The highest BCUT2D eigenvalue weighted by atomic mass is 16.5. The molecule has 2 amide bonds. The first-order chi connectivity index (χ1) is 19.4. The second-order valence-corrected chi connectivity index (χ2v) is 10.00. The molecule has 1 atom stereocenters. The van der Waals surface area contributed by atoms with Crippen molar-refractivity contribution in [3.05, 3.63) is 77.2 Å². The van der Waals surface area contributed by atoms with Gasteiger partial charge in [0.15, 0.2) is 5.82 Å². The van der Waals surface area contributed by atoms with Crippen molar-refractivity contribution < 1.29 is 14.3 Å². The minimum atomic E-state index is -0.552. The Morgan fingerprint density at radius 3 is 2.65 bits per heavy atom. The van der Waals surface area contributed by atoms with E-state index < -0.39 is 6.09 Å². The number of ether oxygens (including phenoxy) is 1. The Balaban J connectivity index is 1.36. The first-order valence-corrected chi connectivity index (χ1v) is 13.3. The van der Waals surface area contributed by atoms with E-state index in [1.54, 1.807) is 4.90 Å². The number of aromatic nitrogens is 5. The number of hydrogen-bond donors (Lipinski definition) is 1. The lowest BCUT2D eigenvalue weighted by Crippen LogP contribution is -2.29. The van der Waals surface area contributed by atoms with Gasteiger partial charge in [0.25, 0.3) is 5.91 Å². The zero-order valence-electron chi connectivity index (χ0n) is 22.7. The largest absolute Gasteiger partial charge is 0.453 e. The maximum absolute atomic E-state index is 13.8. The maximum Gasteiger partial charge on any atom is 0.407 e. The van der Waals surface area contributed by atoms with Crippen LogP contribution in [-0.2, 0) is 17.8 Å². The van der Waals surface area contributed by atoms with Crippen molar-refractivity contribution in [2.75, 3.05) is 23.5 Å². The van der Waals surface area contributed by atoms with Gasteiger partial charge in [-0.3, -0.25) is 14.3 Å². The van der Waals surface area contributed by atoms with E-state index in [1.807, 2.05) is 66.1 Å². The van der Waals surface area contributed by atoms with Crippen LogP contribution in [0.5, 0.6) is 0 Å². The molecule has 0 radical (unpaired) electrons. The second kappa shape index (κ2) is 10.4. The maximum atomic E-state index is 13.8. The van der Waals surface area contributed by atoms with E-state index in [0.29, 0.717) is 34.6 Å². The van der Waals surface area contributed by atoms with E-state index in [1.165, 1.54) is 7.11 Å². The van der Waals surface area contributed by atoms with Crippen LogP contribution in [0.2, 0.25) is 0 Å². The van der Waals surface area contributed by atoms with Crippen molar-refractivity contribution >= 4 is 23.6 Å². The summed E-state index contributed by atoms with van der Waals surface area (Å²) >= 11 is 0. The third-order valence-corrected chi connectivity index (χ3v) is 7.50. The lowest BCUT2D eigenvalue weighted by Gasteiger charge is -2.24. The smallest absolute Gasteiger partial charge is 0.407 e.